The van der Waals surface area contributed by atoms with Crippen LogP contribution in [0.5, 0.6) is 0 Å². The van der Waals surface area contributed by atoms with Gasteiger partial charge in [-0.1, -0.05) is 16.8 Å². The van der Waals surface area contributed by atoms with Crippen molar-refractivity contribution in [3.8, 4) is 11.4 Å². The van der Waals surface area contributed by atoms with Gasteiger partial charge in [0.05, 0.1) is 13.1 Å². The average molecular weight is 437 g/mol. The Morgan fingerprint density at radius 2 is 2.04 bits per heavy atom. The first-order chi connectivity index (χ1) is 12.5. The molecule has 2 heterocycles. The van der Waals surface area contributed by atoms with E-state index < -0.39 is 0 Å². The molecule has 3 rings (SSSR count). The first-order valence-electron chi connectivity index (χ1n) is 7.68. The first-order valence-corrected chi connectivity index (χ1v) is 8.85. The lowest BCUT2D eigenvalue weighted by atomic mass is 10.2. The fraction of sp³-hybridized carbons (Fsp3) is 0.176. The zero-order valence-corrected chi connectivity index (χ0v) is 16.2. The Hall–Kier alpha value is -2.29. The van der Waals surface area contributed by atoms with Crippen molar-refractivity contribution in [1.29, 1.82) is 0 Å². The molecule has 3 aromatic rings. The summed E-state index contributed by atoms with van der Waals surface area (Å²) >= 11 is 9.17. The number of halogens is 2. The van der Waals surface area contributed by atoms with E-state index >= 15 is 0 Å². The van der Waals surface area contributed by atoms with E-state index in [-0.39, 0.29) is 12.5 Å². The molecule has 0 atom stereocenters. The summed E-state index contributed by atoms with van der Waals surface area (Å²) in [6.45, 7) is 0.512. The van der Waals surface area contributed by atoms with Gasteiger partial charge in [-0.25, -0.2) is 4.98 Å². The van der Waals surface area contributed by atoms with Crippen LogP contribution in [0, 0.1) is 0 Å². The predicted molar refractivity (Wildman–Crippen MR) is 102 cm³/mol. The number of aromatic nitrogens is 3. The summed E-state index contributed by atoms with van der Waals surface area (Å²) in [5.74, 6) is 1.22. The number of hydrogen-bond acceptors (Lipinski definition) is 6. The number of benzene rings is 1. The lowest BCUT2D eigenvalue weighted by Gasteiger charge is -2.13. The second kappa shape index (κ2) is 8.39. The Morgan fingerprint density at radius 1 is 1.27 bits per heavy atom. The molecule has 0 saturated carbocycles. The van der Waals surface area contributed by atoms with Crippen LogP contribution >= 0.6 is 27.5 Å². The maximum Gasteiger partial charge on any atom is 0.241 e. The van der Waals surface area contributed by atoms with E-state index in [2.05, 4.69) is 36.4 Å². The van der Waals surface area contributed by atoms with Crippen LogP contribution in [0.15, 0.2) is 51.6 Å². The summed E-state index contributed by atoms with van der Waals surface area (Å²) in [7, 11) is 1.79. The SMILES string of the molecule is CN(CC(=O)Nc1ccc(Br)cn1)Cc1nc(-c2ccc(Cl)cc2)no1. The molecule has 0 radical (unpaired) electrons. The molecule has 0 unspecified atom stereocenters. The van der Waals surface area contributed by atoms with Gasteiger partial charge in [-0.05, 0) is 59.4 Å². The molecule has 0 fully saturated rings. The van der Waals surface area contributed by atoms with Gasteiger partial charge in [0.15, 0.2) is 0 Å². The highest BCUT2D eigenvalue weighted by molar-refractivity contribution is 9.10. The average Bonchev–Trinajstić information content (AvgIpc) is 3.05. The van der Waals surface area contributed by atoms with Crippen molar-refractivity contribution in [2.24, 2.45) is 0 Å². The van der Waals surface area contributed by atoms with E-state index in [1.54, 1.807) is 36.3 Å². The Labute approximate surface area is 163 Å². The second-order valence-electron chi connectivity index (χ2n) is 5.60. The Kier molecular flexibility index (Phi) is 5.97. The zero-order valence-electron chi connectivity index (χ0n) is 13.8. The molecule has 0 aliphatic rings. The minimum atomic E-state index is -0.181. The first kappa shape index (κ1) is 18.5. The van der Waals surface area contributed by atoms with Crippen molar-refractivity contribution in [1.82, 2.24) is 20.0 Å². The minimum Gasteiger partial charge on any atom is -0.338 e. The normalized spacial score (nSPS) is 10.9. The summed E-state index contributed by atoms with van der Waals surface area (Å²) in [6.07, 6.45) is 1.62. The van der Waals surface area contributed by atoms with Gasteiger partial charge in [0.25, 0.3) is 0 Å². The van der Waals surface area contributed by atoms with Crippen LogP contribution in [0.25, 0.3) is 11.4 Å². The summed E-state index contributed by atoms with van der Waals surface area (Å²) in [6, 6.07) is 10.7. The monoisotopic (exact) mass is 435 g/mol. The van der Waals surface area contributed by atoms with E-state index in [1.807, 2.05) is 18.2 Å². The predicted octanol–water partition coefficient (Wildman–Crippen LogP) is 3.62. The molecule has 2 aromatic heterocycles. The molecule has 9 heteroatoms. The van der Waals surface area contributed by atoms with Gasteiger partial charge in [-0.15, -0.1) is 0 Å². The molecular formula is C17H15BrClN5O2. The number of nitrogens with one attached hydrogen (secondary N) is 1. The van der Waals surface area contributed by atoms with Crippen LogP contribution in [0.3, 0.4) is 0 Å². The highest BCUT2D eigenvalue weighted by Crippen LogP contribution is 2.19. The molecule has 0 aliphatic carbocycles. The van der Waals surface area contributed by atoms with Crippen LogP contribution in [0.1, 0.15) is 5.89 Å². The molecule has 1 N–H and O–H groups in total. The summed E-state index contributed by atoms with van der Waals surface area (Å²) in [4.78, 5) is 22.3. The zero-order chi connectivity index (χ0) is 18.5. The van der Waals surface area contributed by atoms with Gasteiger partial charge in [0, 0.05) is 21.3 Å². The Bertz CT molecular complexity index is 883. The maximum absolute atomic E-state index is 12.1. The molecule has 0 spiro atoms. The third kappa shape index (κ3) is 5.10. The summed E-state index contributed by atoms with van der Waals surface area (Å²) < 4.78 is 6.10. The second-order valence-corrected chi connectivity index (χ2v) is 6.95. The lowest BCUT2D eigenvalue weighted by Crippen LogP contribution is -2.30. The third-order valence-electron chi connectivity index (χ3n) is 3.38. The van der Waals surface area contributed by atoms with Gasteiger partial charge in [0.1, 0.15) is 5.82 Å². The van der Waals surface area contributed by atoms with E-state index in [1.165, 1.54) is 0 Å². The Balaban J connectivity index is 1.54. The molecule has 134 valence electrons. The van der Waals surface area contributed by atoms with E-state index in [9.17, 15) is 4.79 Å². The number of likely N-dealkylation sites (N-methyl/N-ethyl adjacent to an activating group) is 1. The number of carbonyl (C=O) groups excluding carboxylic acids is 1. The van der Waals surface area contributed by atoms with E-state index in [4.69, 9.17) is 16.1 Å². The van der Waals surface area contributed by atoms with Crippen molar-refractivity contribution < 1.29 is 9.32 Å². The number of pyridine rings is 1. The molecule has 26 heavy (non-hydrogen) atoms. The number of amides is 1. The smallest absolute Gasteiger partial charge is 0.241 e. The van der Waals surface area contributed by atoms with Crippen LogP contribution < -0.4 is 5.32 Å². The van der Waals surface area contributed by atoms with Crippen molar-refractivity contribution in [3.05, 3.63) is 58.0 Å². The topological polar surface area (TPSA) is 84.2 Å². The fourth-order valence-corrected chi connectivity index (χ4v) is 2.56. The molecule has 0 bridgehead atoms. The van der Waals surface area contributed by atoms with Crippen molar-refractivity contribution in [2.45, 2.75) is 6.54 Å². The van der Waals surface area contributed by atoms with Gasteiger partial charge in [0.2, 0.25) is 17.6 Å². The minimum absolute atomic E-state index is 0.163. The van der Waals surface area contributed by atoms with Gasteiger partial charge in [-0.2, -0.15) is 4.98 Å². The standard InChI is InChI=1S/C17H15BrClN5O2/c1-24(9-15(25)21-14-7-4-12(18)8-20-14)10-16-22-17(23-26-16)11-2-5-13(19)6-3-11/h2-8H,9-10H2,1H3,(H,20,21,25). The largest absolute Gasteiger partial charge is 0.338 e. The van der Waals surface area contributed by atoms with Crippen LogP contribution in [-0.4, -0.2) is 39.5 Å². The molecule has 1 aromatic carbocycles. The Morgan fingerprint density at radius 3 is 2.73 bits per heavy atom. The van der Waals surface area contributed by atoms with Crippen LogP contribution in [-0.2, 0) is 11.3 Å². The number of carbonyl (C=O) groups is 1. The fourth-order valence-electron chi connectivity index (χ4n) is 2.20. The molecule has 7 nitrogen and oxygen atoms in total. The van der Waals surface area contributed by atoms with Crippen molar-refractivity contribution >= 4 is 39.3 Å². The third-order valence-corrected chi connectivity index (χ3v) is 4.11. The highest BCUT2D eigenvalue weighted by atomic mass is 79.9. The quantitative estimate of drug-likeness (QED) is 0.635. The number of nitrogens with zero attached hydrogens (tertiary/aromatic N) is 4. The number of anilines is 1. The maximum atomic E-state index is 12.1. The molecular weight excluding hydrogens is 422 g/mol. The highest BCUT2D eigenvalue weighted by Gasteiger charge is 2.13. The van der Waals surface area contributed by atoms with Crippen LogP contribution in [0.2, 0.25) is 5.02 Å². The van der Waals surface area contributed by atoms with E-state index in [0.29, 0.717) is 29.1 Å². The molecule has 1 amide bonds. The lowest BCUT2D eigenvalue weighted by molar-refractivity contribution is -0.117. The summed E-state index contributed by atoms with van der Waals surface area (Å²) in [5, 5.41) is 7.33. The number of rotatable bonds is 6. The number of hydrogen-bond donors (Lipinski definition) is 1. The van der Waals surface area contributed by atoms with E-state index in [0.717, 1.165) is 10.0 Å². The molecule has 0 saturated heterocycles. The van der Waals surface area contributed by atoms with Crippen LogP contribution in [0.4, 0.5) is 5.82 Å². The van der Waals surface area contributed by atoms with Crippen molar-refractivity contribution in [2.75, 3.05) is 18.9 Å². The summed E-state index contributed by atoms with van der Waals surface area (Å²) in [5.41, 5.74) is 0.811. The van der Waals surface area contributed by atoms with Gasteiger partial charge in [-0.3, -0.25) is 9.69 Å². The van der Waals surface area contributed by atoms with Gasteiger partial charge < -0.3 is 9.84 Å². The van der Waals surface area contributed by atoms with Crippen molar-refractivity contribution in [3.63, 3.8) is 0 Å². The molecule has 0 aliphatic heterocycles. The van der Waals surface area contributed by atoms with Gasteiger partial charge >= 0.3 is 0 Å².